The Morgan fingerprint density at radius 2 is 2.24 bits per heavy atom. The first kappa shape index (κ1) is 15.5. The van der Waals surface area contributed by atoms with Crippen LogP contribution in [0.2, 0.25) is 0 Å². The number of thiocarbonyl (C=S) groups is 1. The first-order valence-electron chi connectivity index (χ1n) is 6.01. The second-order valence-electron chi connectivity index (χ2n) is 4.38. The van der Waals surface area contributed by atoms with Gasteiger partial charge in [0, 0.05) is 5.56 Å². The topological polar surface area (TPSA) is 111 Å². The molecular formula is C12H14N4O3S2. The minimum atomic E-state index is -3.53. The molecule has 0 atom stereocenters. The smallest absolute Gasteiger partial charge is 0.241 e. The fraction of sp³-hybridized carbons (Fsp3) is 0.250. The number of rotatable bonds is 6. The number of aromatic nitrogens is 2. The predicted octanol–water partition coefficient (Wildman–Crippen LogP) is 0.632. The van der Waals surface area contributed by atoms with Gasteiger partial charge in [0.15, 0.2) is 5.82 Å². The molecule has 0 unspecified atom stereocenters. The molecule has 0 fully saturated rings. The van der Waals surface area contributed by atoms with Crippen LogP contribution in [0, 0.1) is 6.92 Å². The lowest BCUT2D eigenvalue weighted by atomic mass is 10.1. The van der Waals surface area contributed by atoms with Gasteiger partial charge in [0.05, 0.1) is 12.3 Å². The Bertz CT molecular complexity index is 755. The van der Waals surface area contributed by atoms with Crippen molar-refractivity contribution >= 4 is 27.2 Å². The summed E-state index contributed by atoms with van der Waals surface area (Å²) in [7, 11) is -3.53. The van der Waals surface area contributed by atoms with Crippen molar-refractivity contribution in [2.45, 2.75) is 19.2 Å². The molecule has 1 aromatic heterocycles. The number of hydrogen-bond acceptors (Lipinski definition) is 6. The van der Waals surface area contributed by atoms with Gasteiger partial charge in [-0.05, 0) is 18.6 Å². The van der Waals surface area contributed by atoms with Crippen molar-refractivity contribution in [3.8, 4) is 0 Å². The largest absolute Gasteiger partial charge is 0.389 e. The lowest BCUT2D eigenvalue weighted by molar-refractivity contribution is 0.372. The van der Waals surface area contributed by atoms with Gasteiger partial charge in [0.1, 0.15) is 4.99 Å². The summed E-state index contributed by atoms with van der Waals surface area (Å²) < 4.78 is 31.2. The maximum Gasteiger partial charge on any atom is 0.241 e. The zero-order valence-electron chi connectivity index (χ0n) is 11.2. The number of benzene rings is 1. The molecule has 0 radical (unpaired) electrons. The highest BCUT2D eigenvalue weighted by atomic mass is 32.2. The van der Waals surface area contributed by atoms with E-state index in [2.05, 4.69) is 14.9 Å². The van der Waals surface area contributed by atoms with Crippen molar-refractivity contribution in [3.05, 3.63) is 47.1 Å². The standard InChI is InChI=1S/C12H14N4O3S2/c1-8-15-11(19-16-8)6-14-21(17,18)7-9-3-2-4-10(5-9)12(13)20/h2-5,14H,6-7H2,1H3,(H2,13,20). The highest BCUT2D eigenvalue weighted by Gasteiger charge is 2.14. The average Bonchev–Trinajstić information content (AvgIpc) is 2.82. The molecule has 0 saturated heterocycles. The van der Waals surface area contributed by atoms with Crippen molar-refractivity contribution in [2.24, 2.45) is 5.73 Å². The molecule has 2 rings (SSSR count). The lowest BCUT2D eigenvalue weighted by Crippen LogP contribution is -2.25. The van der Waals surface area contributed by atoms with Gasteiger partial charge in [-0.2, -0.15) is 4.98 Å². The van der Waals surface area contributed by atoms with E-state index < -0.39 is 10.0 Å². The molecule has 9 heteroatoms. The third kappa shape index (κ3) is 4.59. The van der Waals surface area contributed by atoms with Gasteiger partial charge in [0.2, 0.25) is 15.9 Å². The van der Waals surface area contributed by atoms with E-state index in [0.717, 1.165) is 0 Å². The molecule has 0 aliphatic rings. The molecule has 1 heterocycles. The Morgan fingerprint density at radius 1 is 1.48 bits per heavy atom. The molecule has 0 bridgehead atoms. The van der Waals surface area contributed by atoms with Gasteiger partial charge >= 0.3 is 0 Å². The first-order valence-corrected chi connectivity index (χ1v) is 8.07. The van der Waals surface area contributed by atoms with Crippen LogP contribution in [0.15, 0.2) is 28.8 Å². The van der Waals surface area contributed by atoms with Crippen LogP contribution in [0.1, 0.15) is 22.8 Å². The highest BCUT2D eigenvalue weighted by Crippen LogP contribution is 2.09. The van der Waals surface area contributed by atoms with E-state index in [4.69, 9.17) is 22.5 Å². The van der Waals surface area contributed by atoms with Crippen LogP contribution in [0.25, 0.3) is 0 Å². The zero-order chi connectivity index (χ0) is 15.5. The summed E-state index contributed by atoms with van der Waals surface area (Å²) in [5.74, 6) is 0.484. The molecule has 21 heavy (non-hydrogen) atoms. The van der Waals surface area contributed by atoms with Gasteiger partial charge < -0.3 is 10.3 Å². The fourth-order valence-electron chi connectivity index (χ4n) is 1.67. The molecular weight excluding hydrogens is 312 g/mol. The SMILES string of the molecule is Cc1noc(CNS(=O)(=O)Cc2cccc(C(N)=S)c2)n1. The fourth-order valence-corrected chi connectivity index (χ4v) is 2.86. The Hall–Kier alpha value is -1.84. The van der Waals surface area contributed by atoms with E-state index in [-0.39, 0.29) is 23.2 Å². The molecule has 0 saturated carbocycles. The van der Waals surface area contributed by atoms with Crippen LogP contribution >= 0.6 is 12.2 Å². The van der Waals surface area contributed by atoms with Gasteiger partial charge in [0.25, 0.3) is 0 Å². The second-order valence-corrected chi connectivity index (χ2v) is 6.63. The molecule has 3 N–H and O–H groups in total. The van der Waals surface area contributed by atoms with Crippen molar-refractivity contribution in [3.63, 3.8) is 0 Å². The monoisotopic (exact) mass is 326 g/mol. The first-order chi connectivity index (χ1) is 9.85. The van der Waals surface area contributed by atoms with Crippen LogP contribution in [-0.4, -0.2) is 23.5 Å². The van der Waals surface area contributed by atoms with Crippen LogP contribution in [0.5, 0.6) is 0 Å². The van der Waals surface area contributed by atoms with E-state index in [0.29, 0.717) is 17.0 Å². The summed E-state index contributed by atoms with van der Waals surface area (Å²) in [5.41, 5.74) is 6.74. The van der Waals surface area contributed by atoms with E-state index in [1.807, 2.05) is 0 Å². The van der Waals surface area contributed by atoms with Crippen molar-refractivity contribution in [1.29, 1.82) is 0 Å². The number of sulfonamides is 1. The molecule has 112 valence electrons. The molecule has 0 spiro atoms. The summed E-state index contributed by atoms with van der Waals surface area (Å²) in [4.78, 5) is 4.15. The number of aryl methyl sites for hydroxylation is 1. The summed E-state index contributed by atoms with van der Waals surface area (Å²) in [6.07, 6.45) is 0. The summed E-state index contributed by atoms with van der Waals surface area (Å²) in [6.45, 7) is 1.61. The zero-order valence-corrected chi connectivity index (χ0v) is 12.9. The normalized spacial score (nSPS) is 11.5. The third-order valence-corrected chi connectivity index (χ3v) is 4.11. The Kier molecular flexibility index (Phi) is 4.66. The molecule has 0 amide bonds. The van der Waals surface area contributed by atoms with E-state index in [9.17, 15) is 8.42 Å². The molecule has 0 aliphatic heterocycles. The van der Waals surface area contributed by atoms with Crippen LogP contribution < -0.4 is 10.5 Å². The third-order valence-electron chi connectivity index (χ3n) is 2.58. The Balaban J connectivity index is 2.03. The number of hydrogen-bond donors (Lipinski definition) is 2. The number of nitrogens with zero attached hydrogens (tertiary/aromatic N) is 2. The van der Waals surface area contributed by atoms with Gasteiger partial charge in [-0.3, -0.25) is 0 Å². The Morgan fingerprint density at radius 3 is 2.86 bits per heavy atom. The van der Waals surface area contributed by atoms with Crippen LogP contribution in [0.4, 0.5) is 0 Å². The highest BCUT2D eigenvalue weighted by molar-refractivity contribution is 7.88. The summed E-state index contributed by atoms with van der Waals surface area (Å²) >= 11 is 4.87. The second kappa shape index (κ2) is 6.29. The maximum absolute atomic E-state index is 12.0. The quantitative estimate of drug-likeness (QED) is 0.749. The van der Waals surface area contributed by atoms with Gasteiger partial charge in [-0.1, -0.05) is 35.6 Å². The van der Waals surface area contributed by atoms with Crippen molar-refractivity contribution < 1.29 is 12.9 Å². The van der Waals surface area contributed by atoms with Gasteiger partial charge in [-0.25, -0.2) is 13.1 Å². The molecule has 0 aliphatic carbocycles. The predicted molar refractivity (Wildman–Crippen MR) is 80.8 cm³/mol. The van der Waals surface area contributed by atoms with Crippen molar-refractivity contribution in [2.75, 3.05) is 0 Å². The van der Waals surface area contributed by atoms with E-state index >= 15 is 0 Å². The average molecular weight is 326 g/mol. The number of nitrogens with one attached hydrogen (secondary N) is 1. The molecule has 2 aromatic rings. The summed E-state index contributed by atoms with van der Waals surface area (Å²) in [6, 6.07) is 6.78. The van der Waals surface area contributed by atoms with Crippen LogP contribution in [0.3, 0.4) is 0 Å². The maximum atomic E-state index is 12.0. The number of nitrogens with two attached hydrogens (primary N) is 1. The minimum absolute atomic E-state index is 0.0435. The van der Waals surface area contributed by atoms with E-state index in [1.54, 1.807) is 31.2 Å². The molecule has 1 aromatic carbocycles. The lowest BCUT2D eigenvalue weighted by Gasteiger charge is -2.06. The van der Waals surface area contributed by atoms with Crippen LogP contribution in [-0.2, 0) is 22.3 Å². The molecule has 7 nitrogen and oxygen atoms in total. The minimum Gasteiger partial charge on any atom is -0.389 e. The summed E-state index contributed by atoms with van der Waals surface area (Å²) in [5, 5.41) is 3.58. The van der Waals surface area contributed by atoms with Gasteiger partial charge in [-0.15, -0.1) is 0 Å². The van der Waals surface area contributed by atoms with Crippen molar-refractivity contribution in [1.82, 2.24) is 14.9 Å². The Labute approximate surface area is 127 Å². The van der Waals surface area contributed by atoms with E-state index in [1.165, 1.54) is 0 Å².